The third-order valence-corrected chi connectivity index (χ3v) is 5.57. The van der Waals surface area contributed by atoms with E-state index in [1.54, 1.807) is 18.6 Å². The van der Waals surface area contributed by atoms with Crippen LogP contribution in [0.2, 0.25) is 0 Å². The quantitative estimate of drug-likeness (QED) is 0.502. The summed E-state index contributed by atoms with van der Waals surface area (Å²) in [5.41, 5.74) is 4.06. The van der Waals surface area contributed by atoms with Crippen LogP contribution in [0, 0.1) is 0 Å². The zero-order valence-corrected chi connectivity index (χ0v) is 15.7. The Hall–Kier alpha value is -2.93. The highest BCUT2D eigenvalue weighted by molar-refractivity contribution is 5.80. The fourth-order valence-corrected chi connectivity index (χ4v) is 4.07. The molecule has 7 nitrogen and oxygen atoms in total. The van der Waals surface area contributed by atoms with Gasteiger partial charge in [-0.25, -0.2) is 4.79 Å². The predicted molar refractivity (Wildman–Crippen MR) is 107 cm³/mol. The summed E-state index contributed by atoms with van der Waals surface area (Å²) >= 11 is 0. The molecule has 0 aliphatic heterocycles. The summed E-state index contributed by atoms with van der Waals surface area (Å²) in [6.45, 7) is 1.49. The fraction of sp³-hybridized carbons (Fsp3) is 0.381. The summed E-state index contributed by atoms with van der Waals surface area (Å²) in [5.74, 6) is 0. The molecule has 4 aromatic rings. The molecular weight excluding hydrogens is 354 g/mol. The van der Waals surface area contributed by atoms with Crippen molar-refractivity contribution < 1.29 is 5.11 Å². The number of hydrogen-bond acceptors (Lipinski definition) is 4. The van der Waals surface area contributed by atoms with Crippen molar-refractivity contribution in [2.45, 2.75) is 44.8 Å². The van der Waals surface area contributed by atoms with E-state index in [4.69, 9.17) is 5.11 Å². The molecule has 0 saturated heterocycles. The van der Waals surface area contributed by atoms with Crippen molar-refractivity contribution in [3.63, 3.8) is 0 Å². The van der Waals surface area contributed by atoms with Crippen LogP contribution in [0.3, 0.4) is 0 Å². The monoisotopic (exact) mass is 377 g/mol. The molecule has 1 N–H and O–H groups in total. The van der Waals surface area contributed by atoms with Crippen LogP contribution >= 0.6 is 0 Å². The summed E-state index contributed by atoms with van der Waals surface area (Å²) < 4.78 is 6.01. The maximum Gasteiger partial charge on any atom is 0.329 e. The first-order valence-corrected chi connectivity index (χ1v) is 9.85. The van der Waals surface area contributed by atoms with Gasteiger partial charge in [-0.15, -0.1) is 0 Å². The number of hydrogen-bond donors (Lipinski definition) is 1. The number of fused-ring (bicyclic) bond motifs is 2. The molecule has 144 valence electrons. The number of aliphatic hydroxyl groups excluding tert-OH is 1. The van der Waals surface area contributed by atoms with E-state index in [0.29, 0.717) is 12.6 Å². The fourth-order valence-electron chi connectivity index (χ4n) is 4.07. The van der Waals surface area contributed by atoms with Gasteiger partial charge in [-0.1, -0.05) is 0 Å². The molecule has 0 amide bonds. The third kappa shape index (κ3) is 2.82. The largest absolute Gasteiger partial charge is 0.396 e. The number of nitrogens with zero attached hydrogens (tertiary/aromatic N) is 5. The van der Waals surface area contributed by atoms with E-state index in [1.807, 2.05) is 27.5 Å². The van der Waals surface area contributed by atoms with Crippen molar-refractivity contribution in [1.82, 2.24) is 23.7 Å². The lowest BCUT2D eigenvalue weighted by atomic mass is 10.3. The smallest absolute Gasteiger partial charge is 0.329 e. The van der Waals surface area contributed by atoms with Gasteiger partial charge in [-0.2, -0.15) is 0 Å². The minimum atomic E-state index is 0.0378. The van der Waals surface area contributed by atoms with E-state index in [9.17, 15) is 4.79 Å². The Bertz CT molecular complexity index is 1200. The highest BCUT2D eigenvalue weighted by Gasteiger charge is 2.29. The molecule has 0 spiro atoms. The maximum atomic E-state index is 13.2. The molecule has 4 aromatic heterocycles. The van der Waals surface area contributed by atoms with E-state index in [0.717, 1.165) is 59.9 Å². The molecule has 4 heterocycles. The van der Waals surface area contributed by atoms with Gasteiger partial charge in [0.15, 0.2) is 0 Å². The number of rotatable bonds is 7. The van der Waals surface area contributed by atoms with Crippen molar-refractivity contribution >= 4 is 21.9 Å². The summed E-state index contributed by atoms with van der Waals surface area (Å²) in [6, 6.07) is 6.38. The molecule has 1 saturated carbocycles. The van der Waals surface area contributed by atoms with Gasteiger partial charge in [0.2, 0.25) is 0 Å². The normalized spacial score (nSPS) is 14.3. The van der Waals surface area contributed by atoms with E-state index in [-0.39, 0.29) is 12.3 Å². The Balaban J connectivity index is 1.62. The molecule has 0 radical (unpaired) electrons. The van der Waals surface area contributed by atoms with E-state index in [2.05, 4.69) is 20.6 Å². The minimum Gasteiger partial charge on any atom is -0.396 e. The van der Waals surface area contributed by atoms with E-state index in [1.165, 1.54) is 0 Å². The van der Waals surface area contributed by atoms with Crippen molar-refractivity contribution in [3.05, 3.63) is 59.2 Å². The third-order valence-electron chi connectivity index (χ3n) is 5.57. The summed E-state index contributed by atoms with van der Waals surface area (Å²) in [4.78, 5) is 21.7. The zero-order valence-electron chi connectivity index (χ0n) is 15.7. The van der Waals surface area contributed by atoms with E-state index >= 15 is 0 Å². The highest BCUT2D eigenvalue weighted by atomic mass is 16.2. The van der Waals surface area contributed by atoms with Crippen LogP contribution in [-0.2, 0) is 13.1 Å². The molecule has 5 rings (SSSR count). The van der Waals surface area contributed by atoms with Crippen molar-refractivity contribution in [1.29, 1.82) is 0 Å². The lowest BCUT2D eigenvalue weighted by molar-refractivity contribution is 0.281. The Labute approximate surface area is 161 Å². The first-order valence-electron chi connectivity index (χ1n) is 9.85. The van der Waals surface area contributed by atoms with Gasteiger partial charge in [-0.05, 0) is 43.9 Å². The topological polar surface area (TPSA) is 77.9 Å². The Morgan fingerprint density at radius 3 is 2.57 bits per heavy atom. The number of aliphatic hydroxyl groups is 1. The van der Waals surface area contributed by atoms with Gasteiger partial charge in [0.05, 0.1) is 29.3 Å². The Morgan fingerprint density at radius 2 is 1.79 bits per heavy atom. The first kappa shape index (κ1) is 17.2. The standard InChI is InChI=1S/C21H23N5O2/c27-10-2-1-9-24-17(11-15-12-22-7-5-18(15)24)14-25-20-13-23-8-6-19(20)26(21(25)28)16-3-4-16/h5-8,11-13,16,27H,1-4,9-10,14H2. The summed E-state index contributed by atoms with van der Waals surface area (Å²) in [5, 5.41) is 10.2. The van der Waals surface area contributed by atoms with Crippen molar-refractivity contribution in [3.8, 4) is 0 Å². The molecular formula is C21H23N5O2. The van der Waals surface area contributed by atoms with Crippen LogP contribution in [0.15, 0.2) is 47.8 Å². The molecule has 0 bridgehead atoms. The lowest BCUT2D eigenvalue weighted by Crippen LogP contribution is -2.25. The second-order valence-corrected chi connectivity index (χ2v) is 7.49. The number of unbranched alkanes of at least 4 members (excludes halogenated alkanes) is 1. The summed E-state index contributed by atoms with van der Waals surface area (Å²) in [7, 11) is 0. The zero-order chi connectivity index (χ0) is 19.1. The molecule has 1 fully saturated rings. The molecule has 28 heavy (non-hydrogen) atoms. The van der Waals surface area contributed by atoms with Crippen LogP contribution in [0.4, 0.5) is 0 Å². The lowest BCUT2D eigenvalue weighted by Gasteiger charge is -2.11. The molecule has 7 heteroatoms. The SMILES string of the molecule is O=c1n(Cc2cc3cnccc3n2CCCCO)c2cnccc2n1C1CC1. The van der Waals surface area contributed by atoms with Gasteiger partial charge < -0.3 is 9.67 Å². The summed E-state index contributed by atoms with van der Waals surface area (Å²) in [6.07, 6.45) is 11.0. The van der Waals surface area contributed by atoms with Crippen LogP contribution in [-0.4, -0.2) is 35.4 Å². The Morgan fingerprint density at radius 1 is 1.00 bits per heavy atom. The van der Waals surface area contributed by atoms with Crippen molar-refractivity contribution in [2.24, 2.45) is 0 Å². The van der Waals surface area contributed by atoms with Crippen LogP contribution in [0.5, 0.6) is 0 Å². The molecule has 1 aliphatic carbocycles. The minimum absolute atomic E-state index is 0.0378. The molecule has 0 unspecified atom stereocenters. The average Bonchev–Trinajstić information content (AvgIpc) is 3.43. The predicted octanol–water partition coefficient (Wildman–Crippen LogP) is 2.70. The highest BCUT2D eigenvalue weighted by Crippen LogP contribution is 2.36. The Kier molecular flexibility index (Phi) is 4.24. The molecule has 1 aliphatic rings. The molecule has 0 aromatic carbocycles. The van der Waals surface area contributed by atoms with Gasteiger partial charge in [0, 0.05) is 48.9 Å². The van der Waals surface area contributed by atoms with Crippen LogP contribution in [0.25, 0.3) is 21.9 Å². The van der Waals surface area contributed by atoms with Gasteiger partial charge in [0.1, 0.15) is 0 Å². The van der Waals surface area contributed by atoms with Crippen molar-refractivity contribution in [2.75, 3.05) is 6.61 Å². The van der Waals surface area contributed by atoms with Gasteiger partial charge >= 0.3 is 5.69 Å². The van der Waals surface area contributed by atoms with E-state index < -0.39 is 0 Å². The first-order chi connectivity index (χ1) is 13.8. The second-order valence-electron chi connectivity index (χ2n) is 7.49. The number of imidazole rings is 1. The number of aryl methyl sites for hydroxylation is 1. The number of aromatic nitrogens is 5. The molecule has 0 atom stereocenters. The van der Waals surface area contributed by atoms with Crippen LogP contribution in [0.1, 0.15) is 37.4 Å². The second kappa shape index (κ2) is 6.91. The number of pyridine rings is 2. The average molecular weight is 377 g/mol. The van der Waals surface area contributed by atoms with Crippen LogP contribution < -0.4 is 5.69 Å². The van der Waals surface area contributed by atoms with Gasteiger partial charge in [0.25, 0.3) is 0 Å². The maximum absolute atomic E-state index is 13.2. The van der Waals surface area contributed by atoms with Gasteiger partial charge in [-0.3, -0.25) is 19.1 Å².